The normalized spacial score (nSPS) is 17.0. The molecule has 0 aliphatic carbocycles. The summed E-state index contributed by atoms with van der Waals surface area (Å²) in [6, 6.07) is 6.94. The Morgan fingerprint density at radius 2 is 2.19 bits per heavy atom. The van der Waals surface area contributed by atoms with Crippen LogP contribution in [0.25, 0.3) is 0 Å². The maximum atomic E-state index is 12.9. The molecule has 2 aliphatic rings. The zero-order valence-electron chi connectivity index (χ0n) is 16.7. The highest BCUT2D eigenvalue weighted by Gasteiger charge is 2.34. The molecule has 1 unspecified atom stereocenters. The zero-order chi connectivity index (χ0) is 22.9. The average molecular weight is 479 g/mol. The van der Waals surface area contributed by atoms with Gasteiger partial charge in [-0.25, -0.2) is 0 Å². The van der Waals surface area contributed by atoms with E-state index in [9.17, 15) is 18.4 Å². The van der Waals surface area contributed by atoms with Crippen LogP contribution in [-0.2, 0) is 16.7 Å². The Labute approximate surface area is 190 Å². The summed E-state index contributed by atoms with van der Waals surface area (Å²) in [4.78, 5) is 2.02. The number of benzene rings is 1. The lowest BCUT2D eigenvalue weighted by Gasteiger charge is -2.23. The number of thioether (sulfide) groups is 2. The molecule has 1 atom stereocenters. The van der Waals surface area contributed by atoms with Gasteiger partial charge in [-0.15, -0.1) is 10.2 Å². The molecule has 2 aromatic rings. The van der Waals surface area contributed by atoms with E-state index in [1.165, 1.54) is 6.07 Å². The second-order valence-corrected chi connectivity index (χ2v) is 9.25. The predicted molar refractivity (Wildman–Crippen MR) is 118 cm³/mol. The molecule has 7 nitrogen and oxygen atoms in total. The van der Waals surface area contributed by atoms with E-state index in [2.05, 4.69) is 15.5 Å². The number of nitrogens with zero attached hydrogens (tertiary/aromatic N) is 4. The number of halogens is 3. The highest BCUT2D eigenvalue weighted by atomic mass is 32.2. The average Bonchev–Trinajstić information content (AvgIpc) is 3.41. The molecule has 32 heavy (non-hydrogen) atoms. The van der Waals surface area contributed by atoms with Gasteiger partial charge >= 0.3 is 6.18 Å². The number of hydrogen-bond acceptors (Lipinski definition) is 9. The molecule has 3 heterocycles. The molecule has 0 spiro atoms. The van der Waals surface area contributed by atoms with Crippen molar-refractivity contribution >= 4 is 39.4 Å². The maximum absolute atomic E-state index is 12.9. The van der Waals surface area contributed by atoms with Crippen LogP contribution in [0.4, 0.5) is 24.7 Å². The molecule has 1 saturated heterocycles. The van der Waals surface area contributed by atoms with Gasteiger partial charge in [-0.3, -0.25) is 5.41 Å². The summed E-state index contributed by atoms with van der Waals surface area (Å²) in [5.74, 6) is 1.81. The van der Waals surface area contributed by atoms with Crippen LogP contribution in [0.3, 0.4) is 0 Å². The first-order chi connectivity index (χ1) is 15.3. The van der Waals surface area contributed by atoms with Crippen LogP contribution < -0.4 is 10.2 Å². The standard InChI is InChI=1S/C20H17F3N6OS2/c1-26-16-6-17(29-8-15-5-14(29)9-30-15)27-28-18(16)32-19(25)31-10-11-2-3-13(20(21,22)23)4-12(11)7-24/h2-4,6,8,14,25H,5,9-10H2,1H3,(H,26,27). The van der Waals surface area contributed by atoms with Crippen LogP contribution in [0.15, 0.2) is 41.3 Å². The molecule has 4 rings (SSSR count). The van der Waals surface area contributed by atoms with Crippen LogP contribution in [0.1, 0.15) is 23.1 Å². The molecule has 1 fully saturated rings. The van der Waals surface area contributed by atoms with Gasteiger partial charge in [0.05, 0.1) is 28.9 Å². The third-order valence-corrected chi connectivity index (χ3v) is 6.96. The first-order valence-corrected chi connectivity index (χ1v) is 11.3. The van der Waals surface area contributed by atoms with Crippen LogP contribution >= 0.6 is 23.5 Å². The summed E-state index contributed by atoms with van der Waals surface area (Å²) in [6.07, 6.45) is -1.74. The van der Waals surface area contributed by atoms with Crippen molar-refractivity contribution in [3.05, 3.63) is 52.9 Å². The quantitative estimate of drug-likeness (QED) is 0.359. The van der Waals surface area contributed by atoms with E-state index in [0.717, 1.165) is 47.8 Å². The Bertz CT molecular complexity index is 1130. The number of rotatable bonds is 5. The summed E-state index contributed by atoms with van der Waals surface area (Å²) in [5, 5.41) is 29.5. The number of ether oxygens (including phenoxy) is 1. The minimum absolute atomic E-state index is 0.0526. The minimum atomic E-state index is -4.51. The smallest absolute Gasteiger partial charge is 0.416 e. The SMILES string of the molecule is CNc1cc(N2C=C3CC2CO3)nnc1SC(=N)SCc1ccc(C(F)(F)F)cc1C#N. The van der Waals surface area contributed by atoms with E-state index in [1.54, 1.807) is 13.1 Å². The van der Waals surface area contributed by atoms with Crippen LogP contribution in [0.2, 0.25) is 0 Å². The molecule has 0 amide bonds. The van der Waals surface area contributed by atoms with Gasteiger partial charge in [0.25, 0.3) is 0 Å². The molecule has 166 valence electrons. The second-order valence-electron chi connectivity index (χ2n) is 7.00. The number of aromatic nitrogens is 2. The van der Waals surface area contributed by atoms with Gasteiger partial charge < -0.3 is 15.0 Å². The molecular weight excluding hydrogens is 461 g/mol. The second kappa shape index (κ2) is 8.91. The molecular formula is C20H17F3N6OS2. The van der Waals surface area contributed by atoms with Crippen LogP contribution in [-0.4, -0.2) is 34.3 Å². The van der Waals surface area contributed by atoms with Crippen molar-refractivity contribution < 1.29 is 17.9 Å². The lowest BCUT2D eigenvalue weighted by molar-refractivity contribution is -0.137. The highest BCUT2D eigenvalue weighted by Crippen LogP contribution is 2.37. The summed E-state index contributed by atoms with van der Waals surface area (Å²) in [5.41, 5.74) is 0.225. The van der Waals surface area contributed by atoms with E-state index in [4.69, 9.17) is 10.1 Å². The monoisotopic (exact) mass is 478 g/mol. The molecule has 2 bridgehead atoms. The predicted octanol–water partition coefficient (Wildman–Crippen LogP) is 4.82. The van der Waals surface area contributed by atoms with Crippen molar-refractivity contribution in [1.29, 1.82) is 10.7 Å². The Kier molecular flexibility index (Phi) is 6.21. The summed E-state index contributed by atoms with van der Waals surface area (Å²) >= 11 is 2.20. The zero-order valence-corrected chi connectivity index (χ0v) is 18.4. The molecule has 2 aliphatic heterocycles. The Balaban J connectivity index is 1.42. The fourth-order valence-electron chi connectivity index (χ4n) is 3.33. The van der Waals surface area contributed by atoms with Gasteiger partial charge in [0.15, 0.2) is 5.82 Å². The molecule has 0 radical (unpaired) electrons. The summed E-state index contributed by atoms with van der Waals surface area (Å²) in [6.45, 7) is 0.620. The molecule has 0 saturated carbocycles. The van der Waals surface area contributed by atoms with Gasteiger partial charge in [-0.1, -0.05) is 17.8 Å². The van der Waals surface area contributed by atoms with Crippen molar-refractivity contribution in [2.24, 2.45) is 0 Å². The van der Waals surface area contributed by atoms with Crippen molar-refractivity contribution in [2.75, 3.05) is 23.9 Å². The maximum Gasteiger partial charge on any atom is 0.416 e. The van der Waals surface area contributed by atoms with Crippen molar-refractivity contribution in [2.45, 2.75) is 29.4 Å². The van der Waals surface area contributed by atoms with E-state index in [1.807, 2.05) is 17.2 Å². The molecule has 12 heteroatoms. The minimum Gasteiger partial charge on any atom is -0.494 e. The number of anilines is 2. The Morgan fingerprint density at radius 3 is 2.81 bits per heavy atom. The number of alkyl halides is 3. The summed E-state index contributed by atoms with van der Waals surface area (Å²) in [7, 11) is 1.75. The van der Waals surface area contributed by atoms with E-state index >= 15 is 0 Å². The molecule has 1 aromatic carbocycles. The van der Waals surface area contributed by atoms with Gasteiger partial charge in [0.2, 0.25) is 0 Å². The lowest BCUT2D eigenvalue weighted by atomic mass is 10.1. The Morgan fingerprint density at radius 1 is 1.38 bits per heavy atom. The number of nitrogens with one attached hydrogen (secondary N) is 2. The Hall–Kier alpha value is -2.91. The van der Waals surface area contributed by atoms with Gasteiger partial charge in [-0.2, -0.15) is 18.4 Å². The van der Waals surface area contributed by atoms with Gasteiger partial charge in [0.1, 0.15) is 21.8 Å². The van der Waals surface area contributed by atoms with Crippen molar-refractivity contribution in [1.82, 2.24) is 10.2 Å². The topological polar surface area (TPSA) is 97.9 Å². The fourth-order valence-corrected chi connectivity index (χ4v) is 5.05. The van der Waals surface area contributed by atoms with Crippen molar-refractivity contribution in [3.63, 3.8) is 0 Å². The molecule has 2 N–H and O–H groups in total. The van der Waals surface area contributed by atoms with Crippen LogP contribution in [0, 0.1) is 16.7 Å². The fraction of sp³-hybridized carbons (Fsp3) is 0.300. The lowest BCUT2D eigenvalue weighted by Crippen LogP contribution is -2.30. The van der Waals surface area contributed by atoms with Crippen LogP contribution in [0.5, 0.6) is 0 Å². The molecule has 1 aromatic heterocycles. The van der Waals surface area contributed by atoms with E-state index in [-0.39, 0.29) is 21.7 Å². The number of fused-ring (bicyclic) bond motifs is 2. The van der Waals surface area contributed by atoms with Gasteiger partial charge in [0, 0.05) is 31.5 Å². The largest absolute Gasteiger partial charge is 0.494 e. The van der Waals surface area contributed by atoms with Gasteiger partial charge in [-0.05, 0) is 29.5 Å². The third-order valence-electron chi connectivity index (χ3n) is 4.96. The van der Waals surface area contributed by atoms with Crippen molar-refractivity contribution in [3.8, 4) is 6.07 Å². The number of hydrogen-bond donors (Lipinski definition) is 2. The first-order valence-electron chi connectivity index (χ1n) is 9.45. The number of nitriles is 1. The highest BCUT2D eigenvalue weighted by molar-refractivity contribution is 8.38. The first kappa shape index (κ1) is 22.3. The third kappa shape index (κ3) is 4.63. The van der Waals surface area contributed by atoms with E-state index in [0.29, 0.717) is 28.7 Å². The van der Waals surface area contributed by atoms with E-state index < -0.39 is 11.7 Å². The summed E-state index contributed by atoms with van der Waals surface area (Å²) < 4.78 is 44.2.